The van der Waals surface area contributed by atoms with E-state index in [1.807, 2.05) is 73.7 Å². The number of aliphatic imine (C=N–C) groups is 1. The summed E-state index contributed by atoms with van der Waals surface area (Å²) in [5, 5.41) is 3.71. The maximum atomic E-state index is 12.5. The number of carbonyl (C=O) groups excluding carboxylic acids is 1. The Labute approximate surface area is 171 Å². The predicted molar refractivity (Wildman–Crippen MR) is 118 cm³/mol. The highest BCUT2D eigenvalue weighted by atomic mass is 16.1. The first kappa shape index (κ1) is 19.0. The van der Waals surface area contributed by atoms with Crippen LogP contribution in [0.3, 0.4) is 0 Å². The molecule has 0 aliphatic carbocycles. The Balaban J connectivity index is 2.02. The number of rotatable bonds is 6. The van der Waals surface area contributed by atoms with Gasteiger partial charge in [0.2, 0.25) is 0 Å². The predicted octanol–water partition coefficient (Wildman–Crippen LogP) is 4.74. The van der Waals surface area contributed by atoms with E-state index < -0.39 is 11.2 Å². The van der Waals surface area contributed by atoms with Crippen molar-refractivity contribution in [1.29, 1.82) is 0 Å². The number of aldehydes is 1. The van der Waals surface area contributed by atoms with Crippen molar-refractivity contribution < 1.29 is 4.79 Å². The normalized spacial score (nSPS) is 21.1. The Morgan fingerprint density at radius 3 is 1.66 bits per heavy atom. The van der Waals surface area contributed by atoms with Crippen molar-refractivity contribution in [2.24, 2.45) is 10.9 Å². The van der Waals surface area contributed by atoms with Crippen molar-refractivity contribution in [2.75, 3.05) is 0 Å². The minimum absolute atomic E-state index is 0.0967. The maximum Gasteiger partial charge on any atom is 0.173 e. The molecule has 2 atom stereocenters. The van der Waals surface area contributed by atoms with Crippen molar-refractivity contribution in [2.45, 2.75) is 18.1 Å². The molecule has 0 aromatic heterocycles. The molecule has 29 heavy (non-hydrogen) atoms. The van der Waals surface area contributed by atoms with E-state index in [9.17, 15) is 4.79 Å². The van der Waals surface area contributed by atoms with Gasteiger partial charge < -0.3 is 0 Å². The first-order chi connectivity index (χ1) is 14.2. The molecule has 3 aromatic rings. The van der Waals surface area contributed by atoms with Gasteiger partial charge in [0.1, 0.15) is 0 Å². The molecular weight excluding hydrogens is 356 g/mol. The largest absolute Gasteiger partial charge is 0.299 e. The highest BCUT2D eigenvalue weighted by molar-refractivity contribution is 5.79. The highest BCUT2D eigenvalue weighted by Gasteiger charge is 2.46. The average molecular weight is 380 g/mol. The van der Waals surface area contributed by atoms with Crippen LogP contribution in [0.4, 0.5) is 0 Å². The molecule has 144 valence electrons. The lowest BCUT2D eigenvalue weighted by atomic mass is 9.75. The first-order valence-electron chi connectivity index (χ1n) is 9.85. The molecule has 0 radical (unpaired) electrons. The van der Waals surface area contributed by atoms with Gasteiger partial charge in [-0.2, -0.15) is 0 Å². The summed E-state index contributed by atoms with van der Waals surface area (Å²) in [6.45, 7) is 2.01. The Morgan fingerprint density at radius 1 is 0.828 bits per heavy atom. The molecule has 0 amide bonds. The molecule has 1 aliphatic rings. The standard InChI is InChI=1S/C26H24N2O/c1-21-12-11-19-27-25(21,20-29)28-26(22-13-5-2-6-14-22,23-15-7-3-8-16-23)24-17-9-4-10-18-24/h2-21,28H,1H3. The summed E-state index contributed by atoms with van der Waals surface area (Å²) in [7, 11) is 0. The van der Waals surface area contributed by atoms with Gasteiger partial charge in [-0.25, -0.2) is 0 Å². The van der Waals surface area contributed by atoms with Gasteiger partial charge in [0, 0.05) is 12.1 Å². The molecule has 1 heterocycles. The smallest absolute Gasteiger partial charge is 0.173 e. The van der Waals surface area contributed by atoms with Crippen molar-refractivity contribution in [1.82, 2.24) is 5.32 Å². The van der Waals surface area contributed by atoms with Gasteiger partial charge in [-0.15, -0.1) is 0 Å². The van der Waals surface area contributed by atoms with Crippen LogP contribution < -0.4 is 5.32 Å². The molecule has 3 heteroatoms. The topological polar surface area (TPSA) is 41.5 Å². The minimum atomic E-state index is -1.07. The number of hydrogen-bond acceptors (Lipinski definition) is 3. The van der Waals surface area contributed by atoms with Crippen LogP contribution in [0.5, 0.6) is 0 Å². The van der Waals surface area contributed by atoms with Crippen LogP contribution in [-0.2, 0) is 10.3 Å². The number of nitrogens with zero attached hydrogens (tertiary/aromatic N) is 1. The molecular formula is C26H24N2O. The molecule has 0 bridgehead atoms. The van der Waals surface area contributed by atoms with Crippen LogP contribution >= 0.6 is 0 Å². The molecule has 0 spiro atoms. The fourth-order valence-electron chi connectivity index (χ4n) is 4.04. The molecule has 1 aliphatic heterocycles. The third-order valence-corrected chi connectivity index (χ3v) is 5.66. The number of hydrogen-bond donors (Lipinski definition) is 1. The van der Waals surface area contributed by atoms with E-state index in [-0.39, 0.29) is 5.92 Å². The SMILES string of the molecule is CC1C=CC=NC1(C=O)NC(c1ccccc1)(c1ccccc1)c1ccccc1. The minimum Gasteiger partial charge on any atom is -0.299 e. The quantitative estimate of drug-likeness (QED) is 0.496. The van der Waals surface area contributed by atoms with E-state index in [0.29, 0.717) is 0 Å². The fourth-order valence-corrected chi connectivity index (χ4v) is 4.04. The van der Waals surface area contributed by atoms with Crippen molar-refractivity contribution in [3.05, 3.63) is 120 Å². The second-order valence-electron chi connectivity index (χ2n) is 7.37. The van der Waals surface area contributed by atoms with Gasteiger partial charge in [0.25, 0.3) is 0 Å². The van der Waals surface area contributed by atoms with Crippen LogP contribution in [0.2, 0.25) is 0 Å². The second-order valence-corrected chi connectivity index (χ2v) is 7.37. The van der Waals surface area contributed by atoms with Gasteiger partial charge in [0.15, 0.2) is 11.9 Å². The van der Waals surface area contributed by atoms with Crippen LogP contribution in [0.1, 0.15) is 23.6 Å². The maximum absolute atomic E-state index is 12.5. The van der Waals surface area contributed by atoms with Gasteiger partial charge in [-0.3, -0.25) is 15.1 Å². The van der Waals surface area contributed by atoms with Crippen LogP contribution in [0, 0.1) is 5.92 Å². The highest BCUT2D eigenvalue weighted by Crippen LogP contribution is 2.40. The van der Waals surface area contributed by atoms with Crippen LogP contribution in [0.15, 0.2) is 108 Å². The molecule has 3 nitrogen and oxygen atoms in total. The molecule has 0 fully saturated rings. The summed E-state index contributed by atoms with van der Waals surface area (Å²) in [5.74, 6) is -0.0967. The second kappa shape index (κ2) is 7.98. The summed E-state index contributed by atoms with van der Waals surface area (Å²) in [5.41, 5.74) is 1.33. The van der Waals surface area contributed by atoms with Crippen molar-refractivity contribution >= 4 is 12.5 Å². The fraction of sp³-hybridized carbons (Fsp3) is 0.154. The van der Waals surface area contributed by atoms with E-state index in [4.69, 9.17) is 0 Å². The van der Waals surface area contributed by atoms with Gasteiger partial charge in [-0.05, 0) is 22.8 Å². The summed E-state index contributed by atoms with van der Waals surface area (Å²) in [4.78, 5) is 17.1. The lowest BCUT2D eigenvalue weighted by molar-refractivity contribution is -0.115. The molecule has 2 unspecified atom stereocenters. The van der Waals surface area contributed by atoms with E-state index in [0.717, 1.165) is 23.0 Å². The Kier molecular flexibility index (Phi) is 5.24. The summed E-state index contributed by atoms with van der Waals surface area (Å²) in [6.07, 6.45) is 6.54. The van der Waals surface area contributed by atoms with Gasteiger partial charge >= 0.3 is 0 Å². The number of dihydropyridines is 1. The Bertz CT molecular complexity index is 916. The Morgan fingerprint density at radius 2 is 1.28 bits per heavy atom. The summed E-state index contributed by atoms with van der Waals surface area (Å²) in [6, 6.07) is 30.7. The van der Waals surface area contributed by atoms with Gasteiger partial charge in [0.05, 0.1) is 5.54 Å². The zero-order valence-electron chi connectivity index (χ0n) is 16.4. The Hall–Kier alpha value is -3.30. The summed E-state index contributed by atoms with van der Waals surface area (Å²) < 4.78 is 0. The molecule has 0 saturated heterocycles. The number of carbonyl (C=O) groups is 1. The van der Waals surface area contributed by atoms with E-state index in [1.54, 1.807) is 6.21 Å². The molecule has 1 N–H and O–H groups in total. The van der Waals surface area contributed by atoms with E-state index in [1.165, 1.54) is 0 Å². The van der Waals surface area contributed by atoms with Crippen LogP contribution in [0.25, 0.3) is 0 Å². The number of allylic oxidation sites excluding steroid dienone is 1. The zero-order chi connectivity index (χ0) is 20.2. The average Bonchev–Trinajstić information content (AvgIpc) is 2.81. The molecule has 4 rings (SSSR count). The van der Waals surface area contributed by atoms with Gasteiger partial charge in [-0.1, -0.05) is 104 Å². The first-order valence-corrected chi connectivity index (χ1v) is 9.85. The lowest BCUT2D eigenvalue weighted by Gasteiger charge is -2.44. The third kappa shape index (κ3) is 3.34. The van der Waals surface area contributed by atoms with E-state index in [2.05, 4.69) is 46.7 Å². The van der Waals surface area contributed by atoms with E-state index >= 15 is 0 Å². The zero-order valence-corrected chi connectivity index (χ0v) is 16.4. The monoisotopic (exact) mass is 380 g/mol. The number of benzene rings is 3. The van der Waals surface area contributed by atoms with Crippen molar-refractivity contribution in [3.8, 4) is 0 Å². The van der Waals surface area contributed by atoms with Crippen LogP contribution in [-0.4, -0.2) is 18.2 Å². The molecule has 3 aromatic carbocycles. The number of nitrogens with one attached hydrogen (secondary N) is 1. The molecule has 0 saturated carbocycles. The van der Waals surface area contributed by atoms with Crippen molar-refractivity contribution in [3.63, 3.8) is 0 Å². The third-order valence-electron chi connectivity index (χ3n) is 5.66. The summed E-state index contributed by atoms with van der Waals surface area (Å²) >= 11 is 0. The lowest BCUT2D eigenvalue weighted by Crippen LogP contribution is -2.60.